The van der Waals surface area contributed by atoms with Gasteiger partial charge in [0.15, 0.2) is 0 Å². The van der Waals surface area contributed by atoms with E-state index in [1.807, 2.05) is 29.5 Å². The molecule has 4 nitrogen and oxygen atoms in total. The van der Waals surface area contributed by atoms with Gasteiger partial charge in [0.2, 0.25) is 0 Å². The highest BCUT2D eigenvalue weighted by molar-refractivity contribution is 14.1. The molecule has 0 amide bonds. The number of aryl methyl sites for hydroxylation is 1. The van der Waals surface area contributed by atoms with E-state index in [2.05, 4.69) is 9.97 Å². The fourth-order valence-corrected chi connectivity index (χ4v) is 1.91. The summed E-state index contributed by atoms with van der Waals surface area (Å²) in [4.78, 5) is 18.7. The van der Waals surface area contributed by atoms with Crippen molar-refractivity contribution in [2.45, 2.75) is 25.9 Å². The van der Waals surface area contributed by atoms with E-state index in [0.717, 1.165) is 18.5 Å². The molecule has 0 saturated heterocycles. The summed E-state index contributed by atoms with van der Waals surface area (Å²) < 4.78 is 6.03. The number of rotatable bonds is 3. The highest BCUT2D eigenvalue weighted by Gasteiger charge is 2.34. The number of nitrogens with zero attached hydrogens (tertiary/aromatic N) is 1. The molecule has 1 N–H and O–H groups in total. The zero-order valence-corrected chi connectivity index (χ0v) is 10.9. The predicted octanol–water partition coefficient (Wildman–Crippen LogP) is 1.78. The van der Waals surface area contributed by atoms with Gasteiger partial charge in [-0.05, 0) is 48.3 Å². The highest BCUT2D eigenvalue weighted by atomic mass is 127. The molecule has 0 spiro atoms. The summed E-state index contributed by atoms with van der Waals surface area (Å²) in [5.74, 6) is 1.19. The van der Waals surface area contributed by atoms with Gasteiger partial charge in [-0.15, -0.1) is 0 Å². The molecule has 1 heterocycles. The van der Waals surface area contributed by atoms with Crippen molar-refractivity contribution < 1.29 is 4.74 Å². The summed E-state index contributed by atoms with van der Waals surface area (Å²) in [7, 11) is 1.66. The monoisotopic (exact) mass is 320 g/mol. The van der Waals surface area contributed by atoms with Gasteiger partial charge < -0.3 is 9.72 Å². The van der Waals surface area contributed by atoms with Gasteiger partial charge in [0.25, 0.3) is 5.56 Å². The quantitative estimate of drug-likeness (QED) is 0.864. The van der Waals surface area contributed by atoms with Crippen LogP contribution in [0.1, 0.15) is 30.5 Å². The second-order valence-corrected chi connectivity index (χ2v) is 4.92. The van der Waals surface area contributed by atoms with Crippen molar-refractivity contribution in [3.63, 3.8) is 0 Å². The number of nitrogens with one attached hydrogen (secondary N) is 1. The van der Waals surface area contributed by atoms with Crippen LogP contribution in [0, 0.1) is 16.4 Å². The van der Waals surface area contributed by atoms with Gasteiger partial charge in [-0.1, -0.05) is 0 Å². The minimum absolute atomic E-state index is 0.0478. The van der Waals surface area contributed by atoms with Gasteiger partial charge >= 0.3 is 0 Å². The van der Waals surface area contributed by atoms with E-state index in [4.69, 9.17) is 4.74 Å². The lowest BCUT2D eigenvalue weighted by Crippen LogP contribution is -2.20. The van der Waals surface area contributed by atoms with E-state index in [0.29, 0.717) is 15.3 Å². The van der Waals surface area contributed by atoms with Crippen molar-refractivity contribution in [2.24, 2.45) is 5.92 Å². The van der Waals surface area contributed by atoms with Crippen LogP contribution in [0.2, 0.25) is 0 Å². The average Bonchev–Trinajstić information content (AvgIpc) is 2.99. The maximum Gasteiger partial charge on any atom is 0.264 e. The number of aromatic amines is 1. The number of ether oxygens (including phenoxy) is 1. The summed E-state index contributed by atoms with van der Waals surface area (Å²) in [6.45, 7) is 1.85. The van der Waals surface area contributed by atoms with Crippen molar-refractivity contribution in [1.29, 1.82) is 0 Å². The molecule has 1 aliphatic carbocycles. The van der Waals surface area contributed by atoms with Crippen LogP contribution in [-0.4, -0.2) is 17.1 Å². The third-order valence-electron chi connectivity index (χ3n) is 2.62. The van der Waals surface area contributed by atoms with E-state index in [1.165, 1.54) is 0 Å². The Kier molecular flexibility index (Phi) is 3.11. The number of methoxy groups -OCH3 is 1. The normalized spacial score (nSPS) is 17.8. The van der Waals surface area contributed by atoms with Crippen LogP contribution < -0.4 is 5.56 Å². The molecule has 0 aromatic carbocycles. The Labute approximate surface area is 102 Å². The molecule has 1 aromatic rings. The SMILES string of the molecule is COC(c1nc(C)c(I)c(=O)[nH]1)C1CC1. The molecule has 1 unspecified atom stereocenters. The minimum Gasteiger partial charge on any atom is -0.373 e. The largest absolute Gasteiger partial charge is 0.373 e. The van der Waals surface area contributed by atoms with Crippen molar-refractivity contribution in [3.8, 4) is 0 Å². The third kappa shape index (κ3) is 2.23. The Morgan fingerprint density at radius 3 is 2.73 bits per heavy atom. The first-order valence-corrected chi connectivity index (χ1v) is 6.00. The predicted molar refractivity (Wildman–Crippen MR) is 64.8 cm³/mol. The summed E-state index contributed by atoms with van der Waals surface area (Å²) >= 11 is 2.01. The zero-order chi connectivity index (χ0) is 11.0. The van der Waals surface area contributed by atoms with Gasteiger partial charge in [0, 0.05) is 7.11 Å². The number of hydrogen-bond donors (Lipinski definition) is 1. The number of H-pyrrole nitrogens is 1. The van der Waals surface area contributed by atoms with Gasteiger partial charge in [0.1, 0.15) is 11.9 Å². The average molecular weight is 320 g/mol. The van der Waals surface area contributed by atoms with Crippen LogP contribution in [0.25, 0.3) is 0 Å². The summed E-state index contributed by atoms with van der Waals surface area (Å²) in [6.07, 6.45) is 2.27. The van der Waals surface area contributed by atoms with E-state index < -0.39 is 0 Å². The maximum atomic E-state index is 11.6. The lowest BCUT2D eigenvalue weighted by atomic mass is 10.2. The third-order valence-corrected chi connectivity index (χ3v) is 3.89. The molecule has 1 saturated carbocycles. The summed E-state index contributed by atoms with van der Waals surface area (Å²) in [6, 6.07) is 0. The van der Waals surface area contributed by atoms with E-state index in [-0.39, 0.29) is 11.7 Å². The second kappa shape index (κ2) is 4.21. The van der Waals surface area contributed by atoms with Crippen LogP contribution in [0.5, 0.6) is 0 Å². The first kappa shape index (κ1) is 11.1. The Balaban J connectivity index is 2.39. The lowest BCUT2D eigenvalue weighted by Gasteiger charge is -2.13. The molecule has 2 rings (SSSR count). The highest BCUT2D eigenvalue weighted by Crippen LogP contribution is 2.41. The molecule has 0 bridgehead atoms. The Hall–Kier alpha value is -0.430. The molecule has 5 heteroatoms. The molecule has 15 heavy (non-hydrogen) atoms. The number of halogens is 1. The topological polar surface area (TPSA) is 55.0 Å². The summed E-state index contributed by atoms with van der Waals surface area (Å²) in [5.41, 5.74) is 0.706. The van der Waals surface area contributed by atoms with Crippen LogP contribution in [0.3, 0.4) is 0 Å². The van der Waals surface area contributed by atoms with Crippen LogP contribution in [0.15, 0.2) is 4.79 Å². The molecule has 82 valence electrons. The molecule has 0 aliphatic heterocycles. The molecular formula is C10H13IN2O2. The smallest absolute Gasteiger partial charge is 0.264 e. The van der Waals surface area contributed by atoms with E-state index in [9.17, 15) is 4.79 Å². The summed E-state index contributed by atoms with van der Waals surface area (Å²) in [5, 5.41) is 0. The molecule has 0 radical (unpaired) electrons. The molecule has 1 aliphatic rings. The van der Waals surface area contributed by atoms with E-state index in [1.54, 1.807) is 7.11 Å². The maximum absolute atomic E-state index is 11.6. The zero-order valence-electron chi connectivity index (χ0n) is 8.71. The fraction of sp³-hybridized carbons (Fsp3) is 0.600. The Morgan fingerprint density at radius 1 is 1.60 bits per heavy atom. The van der Waals surface area contributed by atoms with E-state index >= 15 is 0 Å². The number of hydrogen-bond acceptors (Lipinski definition) is 3. The molecule has 1 atom stereocenters. The van der Waals surface area contributed by atoms with Crippen LogP contribution in [-0.2, 0) is 4.74 Å². The Bertz CT molecular complexity index is 426. The van der Waals surface area contributed by atoms with Gasteiger partial charge in [0.05, 0.1) is 9.26 Å². The first-order chi connectivity index (χ1) is 7.13. The Morgan fingerprint density at radius 2 is 2.27 bits per heavy atom. The number of aromatic nitrogens is 2. The van der Waals surface area contributed by atoms with Gasteiger partial charge in [-0.3, -0.25) is 4.79 Å². The van der Waals surface area contributed by atoms with Crippen molar-refractivity contribution in [3.05, 3.63) is 25.4 Å². The minimum atomic E-state index is -0.0687. The van der Waals surface area contributed by atoms with Gasteiger partial charge in [-0.2, -0.15) is 0 Å². The van der Waals surface area contributed by atoms with Crippen molar-refractivity contribution in [2.75, 3.05) is 7.11 Å². The van der Waals surface area contributed by atoms with Crippen LogP contribution in [0.4, 0.5) is 0 Å². The second-order valence-electron chi connectivity index (χ2n) is 3.84. The standard InChI is InChI=1S/C10H13IN2O2/c1-5-7(11)10(14)13-9(12-5)8(15-2)6-3-4-6/h6,8H,3-4H2,1-2H3,(H,12,13,14). The molecular weight excluding hydrogens is 307 g/mol. The van der Waals surface area contributed by atoms with Crippen molar-refractivity contribution in [1.82, 2.24) is 9.97 Å². The molecule has 1 fully saturated rings. The molecule has 1 aromatic heterocycles. The lowest BCUT2D eigenvalue weighted by molar-refractivity contribution is 0.0768. The fourth-order valence-electron chi connectivity index (χ4n) is 1.65. The first-order valence-electron chi connectivity index (χ1n) is 4.92. The van der Waals surface area contributed by atoms with Crippen molar-refractivity contribution >= 4 is 22.6 Å². The van der Waals surface area contributed by atoms with Gasteiger partial charge in [-0.25, -0.2) is 4.98 Å². The van der Waals surface area contributed by atoms with Crippen LogP contribution >= 0.6 is 22.6 Å².